The number of fused-ring (bicyclic) bond motifs is 1. The number of benzene rings is 2. The van der Waals surface area contributed by atoms with Gasteiger partial charge in [-0.2, -0.15) is 11.3 Å². The van der Waals surface area contributed by atoms with Crippen LogP contribution in [0.1, 0.15) is 15.9 Å². The van der Waals surface area contributed by atoms with Crippen molar-refractivity contribution in [1.82, 2.24) is 9.97 Å². The van der Waals surface area contributed by atoms with E-state index in [9.17, 15) is 4.79 Å². The Bertz CT molecular complexity index is 975. The Kier molecular flexibility index (Phi) is 4.54. The van der Waals surface area contributed by atoms with E-state index in [4.69, 9.17) is 0 Å². The van der Waals surface area contributed by atoms with E-state index in [2.05, 4.69) is 32.1 Å². The van der Waals surface area contributed by atoms with Crippen molar-refractivity contribution in [3.63, 3.8) is 0 Å². The first-order valence-corrected chi connectivity index (χ1v) is 9.71. The first kappa shape index (κ1) is 15.9. The molecule has 2 heterocycles. The molecule has 0 atom stereocenters. The second kappa shape index (κ2) is 7.13. The van der Waals surface area contributed by atoms with Crippen molar-refractivity contribution < 1.29 is 4.79 Å². The summed E-state index contributed by atoms with van der Waals surface area (Å²) < 4.78 is 0. The van der Waals surface area contributed by atoms with E-state index in [1.54, 1.807) is 23.1 Å². The number of imidazole rings is 1. The van der Waals surface area contributed by atoms with Gasteiger partial charge in [0, 0.05) is 10.6 Å². The summed E-state index contributed by atoms with van der Waals surface area (Å²) in [5.41, 5.74) is 3.65. The summed E-state index contributed by atoms with van der Waals surface area (Å²) in [5.74, 6) is 1.15. The van der Waals surface area contributed by atoms with Crippen molar-refractivity contribution in [2.24, 2.45) is 0 Å². The van der Waals surface area contributed by atoms with Gasteiger partial charge in [-0.1, -0.05) is 24.3 Å². The quantitative estimate of drug-likeness (QED) is 0.480. The lowest BCUT2D eigenvalue weighted by molar-refractivity contribution is 0.102. The number of H-pyrrole nitrogens is 1. The van der Waals surface area contributed by atoms with Crippen molar-refractivity contribution in [3.8, 4) is 0 Å². The third-order valence-electron chi connectivity index (χ3n) is 3.73. The summed E-state index contributed by atoms with van der Waals surface area (Å²) in [6.45, 7) is 0. The predicted molar refractivity (Wildman–Crippen MR) is 104 cm³/mol. The van der Waals surface area contributed by atoms with Crippen LogP contribution in [0.3, 0.4) is 0 Å². The summed E-state index contributed by atoms with van der Waals surface area (Å²) >= 11 is 3.35. The van der Waals surface area contributed by atoms with Crippen molar-refractivity contribution in [1.29, 1.82) is 0 Å². The van der Waals surface area contributed by atoms with Crippen LogP contribution in [0.2, 0.25) is 0 Å². The van der Waals surface area contributed by atoms with Gasteiger partial charge in [0.05, 0.1) is 16.6 Å². The molecule has 2 N–H and O–H groups in total. The highest BCUT2D eigenvalue weighted by Crippen LogP contribution is 2.27. The Morgan fingerprint density at radius 2 is 1.96 bits per heavy atom. The van der Waals surface area contributed by atoms with Gasteiger partial charge in [-0.15, -0.1) is 11.8 Å². The molecule has 0 fully saturated rings. The van der Waals surface area contributed by atoms with Gasteiger partial charge < -0.3 is 4.98 Å². The summed E-state index contributed by atoms with van der Waals surface area (Å²) in [6, 6.07) is 17.5. The topological polar surface area (TPSA) is 57.8 Å². The van der Waals surface area contributed by atoms with Gasteiger partial charge in [0.25, 0.3) is 5.91 Å². The molecular formula is C19H15N3OS2. The molecule has 4 rings (SSSR count). The van der Waals surface area contributed by atoms with Crippen molar-refractivity contribution in [3.05, 3.63) is 76.5 Å². The van der Waals surface area contributed by atoms with E-state index >= 15 is 0 Å². The molecule has 0 bridgehead atoms. The molecule has 25 heavy (non-hydrogen) atoms. The van der Waals surface area contributed by atoms with E-state index < -0.39 is 0 Å². The molecule has 0 saturated carbocycles. The average molecular weight is 365 g/mol. The highest BCUT2D eigenvalue weighted by Gasteiger charge is 2.13. The van der Waals surface area contributed by atoms with E-state index in [0.717, 1.165) is 21.7 Å². The number of nitrogens with zero attached hydrogens (tertiary/aromatic N) is 1. The Labute approximate surface area is 153 Å². The largest absolute Gasteiger partial charge is 0.324 e. The van der Waals surface area contributed by atoms with E-state index in [0.29, 0.717) is 11.5 Å². The molecule has 4 nitrogen and oxygen atoms in total. The molecule has 0 saturated heterocycles. The smallest absolute Gasteiger partial charge is 0.259 e. The average Bonchev–Trinajstić information content (AvgIpc) is 3.29. The van der Waals surface area contributed by atoms with Crippen LogP contribution in [0.15, 0.2) is 70.3 Å². The highest BCUT2D eigenvalue weighted by atomic mass is 32.2. The number of para-hydroxylation sites is 2. The monoisotopic (exact) mass is 365 g/mol. The summed E-state index contributed by atoms with van der Waals surface area (Å²) in [4.78, 5) is 21.2. The molecule has 0 unspecified atom stereocenters. The molecule has 6 heteroatoms. The fourth-order valence-corrected chi connectivity index (χ4v) is 4.27. The zero-order chi connectivity index (χ0) is 17.1. The van der Waals surface area contributed by atoms with Gasteiger partial charge in [0.1, 0.15) is 0 Å². The van der Waals surface area contributed by atoms with Crippen LogP contribution in [0.4, 0.5) is 5.95 Å². The molecule has 0 aliphatic heterocycles. The number of anilines is 1. The number of thiophene rings is 1. The normalized spacial score (nSPS) is 10.9. The third kappa shape index (κ3) is 3.60. The SMILES string of the molecule is O=C(Nc1nc2ccccc2[nH]1)c1ccccc1SCc1ccsc1. The molecule has 0 spiro atoms. The molecule has 0 aliphatic rings. The molecule has 0 radical (unpaired) electrons. The second-order valence-electron chi connectivity index (χ2n) is 5.47. The Hall–Kier alpha value is -2.57. The van der Waals surface area contributed by atoms with Gasteiger partial charge in [0.2, 0.25) is 5.95 Å². The number of thioether (sulfide) groups is 1. The lowest BCUT2D eigenvalue weighted by Crippen LogP contribution is -2.14. The lowest BCUT2D eigenvalue weighted by Gasteiger charge is -2.08. The number of aromatic nitrogens is 2. The first-order chi connectivity index (χ1) is 12.3. The van der Waals surface area contributed by atoms with E-state index in [1.165, 1.54) is 5.56 Å². The minimum absolute atomic E-state index is 0.160. The maximum absolute atomic E-state index is 12.7. The molecule has 2 aromatic carbocycles. The number of carbonyl (C=O) groups is 1. The molecule has 2 aromatic heterocycles. The van der Waals surface area contributed by atoms with Gasteiger partial charge in [-0.05, 0) is 46.7 Å². The standard InChI is InChI=1S/C19H15N3OS2/c23-18(22-19-20-15-6-2-3-7-16(15)21-19)14-5-1-4-8-17(14)25-12-13-9-10-24-11-13/h1-11H,12H2,(H2,20,21,22,23). The Balaban J connectivity index is 1.53. The van der Waals surface area contributed by atoms with Crippen LogP contribution in [-0.2, 0) is 5.75 Å². The van der Waals surface area contributed by atoms with Gasteiger partial charge >= 0.3 is 0 Å². The van der Waals surface area contributed by atoms with Gasteiger partial charge in [0.15, 0.2) is 0 Å². The van der Waals surface area contributed by atoms with Crippen molar-refractivity contribution in [2.75, 3.05) is 5.32 Å². The van der Waals surface area contributed by atoms with E-state index in [1.807, 2.05) is 48.5 Å². The number of carbonyl (C=O) groups excluding carboxylic acids is 1. The fourth-order valence-electron chi connectivity index (χ4n) is 2.50. The van der Waals surface area contributed by atoms with Crippen LogP contribution in [0.25, 0.3) is 11.0 Å². The molecule has 1 amide bonds. The van der Waals surface area contributed by atoms with Crippen molar-refractivity contribution in [2.45, 2.75) is 10.6 Å². The minimum Gasteiger partial charge on any atom is -0.324 e. The fraction of sp³-hybridized carbons (Fsp3) is 0.0526. The number of amides is 1. The summed E-state index contributed by atoms with van der Waals surface area (Å²) in [5, 5.41) is 7.06. The number of rotatable bonds is 5. The first-order valence-electron chi connectivity index (χ1n) is 7.78. The van der Waals surface area contributed by atoms with Gasteiger partial charge in [-0.25, -0.2) is 4.98 Å². The van der Waals surface area contributed by atoms with Crippen LogP contribution >= 0.6 is 23.1 Å². The second-order valence-corrected chi connectivity index (χ2v) is 7.27. The maximum atomic E-state index is 12.7. The van der Waals surface area contributed by atoms with Crippen LogP contribution in [0, 0.1) is 0 Å². The number of aromatic amines is 1. The predicted octanol–water partition coefficient (Wildman–Crippen LogP) is 5.17. The third-order valence-corrected chi connectivity index (χ3v) is 5.60. The number of hydrogen-bond acceptors (Lipinski definition) is 4. The number of nitrogens with one attached hydrogen (secondary N) is 2. The molecular weight excluding hydrogens is 350 g/mol. The van der Waals surface area contributed by atoms with Crippen LogP contribution in [0.5, 0.6) is 0 Å². The number of hydrogen-bond donors (Lipinski definition) is 2. The summed E-state index contributed by atoms with van der Waals surface area (Å²) in [7, 11) is 0. The summed E-state index contributed by atoms with van der Waals surface area (Å²) in [6.07, 6.45) is 0. The van der Waals surface area contributed by atoms with Crippen LogP contribution in [-0.4, -0.2) is 15.9 Å². The van der Waals surface area contributed by atoms with Gasteiger partial charge in [-0.3, -0.25) is 10.1 Å². The minimum atomic E-state index is -0.160. The van der Waals surface area contributed by atoms with E-state index in [-0.39, 0.29) is 5.91 Å². The zero-order valence-corrected chi connectivity index (χ0v) is 14.9. The maximum Gasteiger partial charge on any atom is 0.259 e. The Morgan fingerprint density at radius 3 is 2.80 bits per heavy atom. The molecule has 0 aliphatic carbocycles. The Morgan fingerprint density at radius 1 is 1.12 bits per heavy atom. The lowest BCUT2D eigenvalue weighted by atomic mass is 10.2. The zero-order valence-electron chi connectivity index (χ0n) is 13.2. The highest BCUT2D eigenvalue weighted by molar-refractivity contribution is 7.98. The van der Waals surface area contributed by atoms with Crippen LogP contribution < -0.4 is 5.32 Å². The molecule has 4 aromatic rings. The molecule has 124 valence electrons. The van der Waals surface area contributed by atoms with Crippen molar-refractivity contribution >= 4 is 46.0 Å².